The van der Waals surface area contributed by atoms with Crippen LogP contribution in [0.5, 0.6) is 0 Å². The summed E-state index contributed by atoms with van der Waals surface area (Å²) in [6, 6.07) is 7.72. The number of hydrogen-bond acceptors (Lipinski definition) is 5. The summed E-state index contributed by atoms with van der Waals surface area (Å²) in [6.45, 7) is 5.78. The van der Waals surface area contributed by atoms with Crippen molar-refractivity contribution in [2.45, 2.75) is 26.9 Å². The van der Waals surface area contributed by atoms with Gasteiger partial charge in [-0.15, -0.1) is 5.10 Å². The maximum Gasteiger partial charge on any atom is 0.273 e. The van der Waals surface area contributed by atoms with Crippen LogP contribution in [-0.4, -0.2) is 43.6 Å². The highest BCUT2D eigenvalue weighted by Gasteiger charge is 2.19. The van der Waals surface area contributed by atoms with E-state index in [2.05, 4.69) is 20.6 Å². The van der Waals surface area contributed by atoms with Crippen LogP contribution in [0.4, 0.5) is 0 Å². The Morgan fingerprint density at radius 3 is 2.88 bits per heavy atom. The molecule has 1 unspecified atom stereocenters. The van der Waals surface area contributed by atoms with Gasteiger partial charge in [-0.1, -0.05) is 31.2 Å². The first-order valence-electron chi connectivity index (χ1n) is 8.20. The van der Waals surface area contributed by atoms with Gasteiger partial charge in [0.05, 0.1) is 17.5 Å². The van der Waals surface area contributed by atoms with Crippen molar-refractivity contribution >= 4 is 16.7 Å². The lowest BCUT2D eigenvalue weighted by Gasteiger charge is -2.14. The van der Waals surface area contributed by atoms with Crippen LogP contribution in [0.15, 0.2) is 36.7 Å². The van der Waals surface area contributed by atoms with Gasteiger partial charge < -0.3 is 10.4 Å². The van der Waals surface area contributed by atoms with Crippen LogP contribution >= 0.6 is 0 Å². The lowest BCUT2D eigenvalue weighted by molar-refractivity contribution is 0.0866. The van der Waals surface area contributed by atoms with Crippen molar-refractivity contribution in [2.24, 2.45) is 5.92 Å². The quantitative estimate of drug-likeness (QED) is 0.740. The first-order chi connectivity index (χ1) is 12.0. The Kier molecular flexibility index (Phi) is 4.76. The fourth-order valence-corrected chi connectivity index (χ4v) is 2.57. The van der Waals surface area contributed by atoms with E-state index in [4.69, 9.17) is 0 Å². The predicted octanol–water partition coefficient (Wildman–Crippen LogP) is 1.87. The topological polar surface area (TPSA) is 92.9 Å². The fraction of sp³-hybridized carbons (Fsp3) is 0.333. The number of fused-ring (bicyclic) bond motifs is 1. The molecule has 0 aliphatic rings. The number of amides is 1. The highest BCUT2D eigenvalue weighted by molar-refractivity contribution is 5.94. The number of nitrogens with zero attached hydrogens (tertiary/aromatic N) is 4. The number of rotatable bonds is 5. The summed E-state index contributed by atoms with van der Waals surface area (Å²) in [5, 5.41) is 22.7. The SMILES string of the molecule is Cc1c(C(=O)NCC(O)C(C)C)nnn1-c1cccc2cnccc12. The molecule has 1 amide bonds. The Hall–Kier alpha value is -2.80. The van der Waals surface area contributed by atoms with Crippen LogP contribution in [0.25, 0.3) is 16.5 Å². The molecule has 2 heterocycles. The Bertz CT molecular complexity index is 898. The molecule has 2 aromatic heterocycles. The normalized spacial score (nSPS) is 12.5. The van der Waals surface area contributed by atoms with E-state index in [1.54, 1.807) is 24.0 Å². The second-order valence-electron chi connectivity index (χ2n) is 6.33. The third-order valence-corrected chi connectivity index (χ3v) is 4.24. The molecule has 7 heteroatoms. The molecule has 0 aliphatic carbocycles. The van der Waals surface area contributed by atoms with Crippen LogP contribution < -0.4 is 5.32 Å². The molecular formula is C18H21N5O2. The molecule has 0 fully saturated rings. The summed E-state index contributed by atoms with van der Waals surface area (Å²) in [5.41, 5.74) is 1.73. The van der Waals surface area contributed by atoms with E-state index in [9.17, 15) is 9.90 Å². The van der Waals surface area contributed by atoms with Crippen LogP contribution in [0.3, 0.4) is 0 Å². The molecule has 0 bridgehead atoms. The molecule has 7 nitrogen and oxygen atoms in total. The van der Waals surface area contributed by atoms with Gasteiger partial charge in [-0.25, -0.2) is 4.68 Å². The van der Waals surface area contributed by atoms with E-state index >= 15 is 0 Å². The summed E-state index contributed by atoms with van der Waals surface area (Å²) in [4.78, 5) is 16.5. The molecule has 2 N–H and O–H groups in total. The van der Waals surface area contributed by atoms with Crippen molar-refractivity contribution in [3.63, 3.8) is 0 Å². The van der Waals surface area contributed by atoms with E-state index in [0.717, 1.165) is 16.5 Å². The van der Waals surface area contributed by atoms with Gasteiger partial charge in [0.1, 0.15) is 0 Å². The molecule has 25 heavy (non-hydrogen) atoms. The number of aliphatic hydroxyl groups excluding tert-OH is 1. The van der Waals surface area contributed by atoms with Crippen molar-refractivity contribution in [2.75, 3.05) is 6.54 Å². The zero-order valence-corrected chi connectivity index (χ0v) is 14.5. The van der Waals surface area contributed by atoms with Gasteiger partial charge in [0.15, 0.2) is 5.69 Å². The molecule has 0 saturated heterocycles. The average molecular weight is 339 g/mol. The number of benzene rings is 1. The molecular weight excluding hydrogens is 318 g/mol. The number of aromatic nitrogens is 4. The standard InChI is InChI=1S/C18H21N5O2/c1-11(2)16(24)10-20-18(25)17-12(3)23(22-21-17)15-6-4-5-13-9-19-8-7-14(13)15/h4-9,11,16,24H,10H2,1-3H3,(H,20,25). The van der Waals surface area contributed by atoms with E-state index in [1.165, 1.54) is 0 Å². The Morgan fingerprint density at radius 2 is 2.12 bits per heavy atom. The smallest absolute Gasteiger partial charge is 0.273 e. The summed E-state index contributed by atoms with van der Waals surface area (Å²) in [7, 11) is 0. The Balaban J connectivity index is 1.89. The van der Waals surface area contributed by atoms with Crippen LogP contribution in [0.2, 0.25) is 0 Å². The number of carbonyl (C=O) groups is 1. The maximum absolute atomic E-state index is 12.4. The van der Waals surface area contributed by atoms with Crippen LogP contribution in [-0.2, 0) is 0 Å². The van der Waals surface area contributed by atoms with Gasteiger partial charge in [0, 0.05) is 29.7 Å². The molecule has 0 spiro atoms. The van der Waals surface area contributed by atoms with Crippen molar-refractivity contribution in [1.29, 1.82) is 0 Å². The number of carbonyl (C=O) groups excluding carboxylic acids is 1. The summed E-state index contributed by atoms with van der Waals surface area (Å²) in [6.07, 6.45) is 2.91. The average Bonchev–Trinajstić information content (AvgIpc) is 3.00. The van der Waals surface area contributed by atoms with E-state index in [1.807, 2.05) is 38.1 Å². The minimum atomic E-state index is -0.593. The summed E-state index contributed by atoms with van der Waals surface area (Å²) < 4.78 is 1.65. The van der Waals surface area contributed by atoms with Crippen molar-refractivity contribution < 1.29 is 9.90 Å². The highest BCUT2D eigenvalue weighted by atomic mass is 16.3. The number of aliphatic hydroxyl groups is 1. The van der Waals surface area contributed by atoms with Gasteiger partial charge in [0.25, 0.3) is 5.91 Å². The maximum atomic E-state index is 12.4. The van der Waals surface area contributed by atoms with Crippen molar-refractivity contribution in [3.8, 4) is 5.69 Å². The second kappa shape index (κ2) is 6.98. The number of nitrogens with one attached hydrogen (secondary N) is 1. The van der Waals surface area contributed by atoms with E-state index in [0.29, 0.717) is 5.69 Å². The monoisotopic (exact) mass is 339 g/mol. The first-order valence-corrected chi connectivity index (χ1v) is 8.20. The number of pyridine rings is 1. The van der Waals surface area contributed by atoms with Crippen molar-refractivity contribution in [1.82, 2.24) is 25.3 Å². The molecule has 0 saturated carbocycles. The summed E-state index contributed by atoms with van der Waals surface area (Å²) in [5.74, 6) is -0.272. The largest absolute Gasteiger partial charge is 0.391 e. The first kappa shape index (κ1) is 17.0. The van der Waals surface area contributed by atoms with E-state index < -0.39 is 6.10 Å². The zero-order valence-electron chi connectivity index (χ0n) is 14.5. The fourth-order valence-electron chi connectivity index (χ4n) is 2.57. The molecule has 0 radical (unpaired) electrons. The summed E-state index contributed by atoms with van der Waals surface area (Å²) >= 11 is 0. The van der Waals surface area contributed by atoms with Gasteiger partial charge in [-0.2, -0.15) is 0 Å². The Morgan fingerprint density at radius 1 is 1.32 bits per heavy atom. The minimum Gasteiger partial charge on any atom is -0.391 e. The molecule has 1 atom stereocenters. The third-order valence-electron chi connectivity index (χ3n) is 4.24. The van der Waals surface area contributed by atoms with E-state index in [-0.39, 0.29) is 24.1 Å². The molecule has 1 aromatic carbocycles. The van der Waals surface area contributed by atoms with Gasteiger partial charge in [0.2, 0.25) is 0 Å². The zero-order chi connectivity index (χ0) is 18.0. The van der Waals surface area contributed by atoms with Crippen LogP contribution in [0.1, 0.15) is 30.0 Å². The van der Waals surface area contributed by atoms with Gasteiger partial charge in [-0.3, -0.25) is 9.78 Å². The molecule has 130 valence electrons. The lowest BCUT2D eigenvalue weighted by atomic mass is 10.1. The second-order valence-corrected chi connectivity index (χ2v) is 6.33. The molecule has 0 aliphatic heterocycles. The highest BCUT2D eigenvalue weighted by Crippen LogP contribution is 2.22. The lowest BCUT2D eigenvalue weighted by Crippen LogP contribution is -2.35. The van der Waals surface area contributed by atoms with Gasteiger partial charge >= 0.3 is 0 Å². The van der Waals surface area contributed by atoms with Crippen molar-refractivity contribution in [3.05, 3.63) is 48.0 Å². The predicted molar refractivity (Wildman–Crippen MR) is 94.6 cm³/mol. The Labute approximate surface area is 145 Å². The van der Waals surface area contributed by atoms with Gasteiger partial charge in [-0.05, 0) is 25.0 Å². The third kappa shape index (κ3) is 3.36. The minimum absolute atomic E-state index is 0.0707. The van der Waals surface area contributed by atoms with Crippen LogP contribution in [0, 0.1) is 12.8 Å². The molecule has 3 aromatic rings. The molecule has 3 rings (SSSR count). The number of hydrogen-bond donors (Lipinski definition) is 2.